The van der Waals surface area contributed by atoms with Crippen LogP contribution in [0.15, 0.2) is 29.9 Å². The molecule has 2 fully saturated rings. The van der Waals surface area contributed by atoms with E-state index in [1.165, 1.54) is 4.88 Å². The first-order valence-electron chi connectivity index (χ1n) is 9.30. The van der Waals surface area contributed by atoms with E-state index in [2.05, 4.69) is 21.8 Å². The molecule has 7 nitrogen and oxygen atoms in total. The zero-order valence-electron chi connectivity index (χ0n) is 16.3. The summed E-state index contributed by atoms with van der Waals surface area (Å²) in [6.45, 7) is 5.78. The topological polar surface area (TPSA) is 84.8 Å². The van der Waals surface area contributed by atoms with Gasteiger partial charge in [0.15, 0.2) is 0 Å². The third-order valence-electron chi connectivity index (χ3n) is 4.95. The SMILES string of the molecule is Cc1ncsc1CN1CC[C@]2(C[C@H](Oc3ccccn3)CO2)C1.O=C(O)C(F)(F)F. The summed E-state index contributed by atoms with van der Waals surface area (Å²) in [5.74, 6) is -2.07. The predicted octanol–water partition coefficient (Wildman–Crippen LogP) is 3.29. The quantitative estimate of drug-likeness (QED) is 0.773. The van der Waals surface area contributed by atoms with E-state index in [9.17, 15) is 13.2 Å². The van der Waals surface area contributed by atoms with Crippen molar-refractivity contribution in [3.63, 3.8) is 0 Å². The van der Waals surface area contributed by atoms with E-state index in [0.717, 1.165) is 38.2 Å². The van der Waals surface area contributed by atoms with Crippen LogP contribution in [-0.2, 0) is 16.1 Å². The fraction of sp³-hybridized carbons (Fsp3) is 0.526. The maximum Gasteiger partial charge on any atom is 0.490 e. The van der Waals surface area contributed by atoms with Crippen LogP contribution in [0.1, 0.15) is 23.4 Å². The van der Waals surface area contributed by atoms with Gasteiger partial charge in [0.25, 0.3) is 0 Å². The number of aromatic nitrogens is 2. The van der Waals surface area contributed by atoms with E-state index in [1.54, 1.807) is 17.5 Å². The van der Waals surface area contributed by atoms with Crippen LogP contribution in [0, 0.1) is 6.92 Å². The van der Waals surface area contributed by atoms with E-state index < -0.39 is 12.1 Å². The molecule has 0 aromatic carbocycles. The highest BCUT2D eigenvalue weighted by Crippen LogP contribution is 2.37. The maximum atomic E-state index is 10.6. The molecule has 2 aromatic heterocycles. The Labute approximate surface area is 175 Å². The van der Waals surface area contributed by atoms with E-state index in [-0.39, 0.29) is 11.7 Å². The smallest absolute Gasteiger partial charge is 0.475 e. The van der Waals surface area contributed by atoms with Gasteiger partial charge in [0.05, 0.1) is 23.4 Å². The van der Waals surface area contributed by atoms with Gasteiger partial charge in [0.2, 0.25) is 5.88 Å². The number of nitrogens with zero attached hydrogens (tertiary/aromatic N) is 3. The van der Waals surface area contributed by atoms with Crippen LogP contribution in [0.4, 0.5) is 13.2 Å². The number of hydrogen-bond donors (Lipinski definition) is 1. The molecule has 0 saturated carbocycles. The van der Waals surface area contributed by atoms with Crippen molar-refractivity contribution < 1.29 is 32.5 Å². The van der Waals surface area contributed by atoms with Gasteiger partial charge in [-0.15, -0.1) is 11.3 Å². The molecular formula is C19H22F3N3O4S. The normalized spacial score (nSPS) is 23.9. The molecule has 2 saturated heterocycles. The van der Waals surface area contributed by atoms with Crippen molar-refractivity contribution in [2.24, 2.45) is 0 Å². The molecule has 2 aliphatic rings. The van der Waals surface area contributed by atoms with Crippen molar-refractivity contribution in [2.45, 2.75) is 44.2 Å². The standard InChI is InChI=1S/C17H21N3O2S.C2HF3O2/c1-13-15(23-12-19-13)9-20-7-5-17(11-20)8-14(10-21-17)22-16-4-2-3-6-18-16;3-2(4,5)1(6)7/h2-4,6,12,14H,5,7-11H2,1H3;(H,6,7)/t14-,17-;/m0./s1. The van der Waals surface area contributed by atoms with Gasteiger partial charge in [0, 0.05) is 43.2 Å². The highest BCUT2D eigenvalue weighted by molar-refractivity contribution is 7.09. The van der Waals surface area contributed by atoms with E-state index >= 15 is 0 Å². The molecule has 4 heterocycles. The molecule has 2 atom stereocenters. The molecule has 1 N–H and O–H groups in total. The fourth-order valence-electron chi connectivity index (χ4n) is 3.49. The lowest BCUT2D eigenvalue weighted by Crippen LogP contribution is -2.33. The van der Waals surface area contributed by atoms with Gasteiger partial charge in [-0.2, -0.15) is 13.2 Å². The van der Waals surface area contributed by atoms with Crippen LogP contribution in [0.2, 0.25) is 0 Å². The Morgan fingerprint density at radius 1 is 1.43 bits per heavy atom. The molecule has 2 aromatic rings. The third kappa shape index (κ3) is 5.89. The lowest BCUT2D eigenvalue weighted by atomic mass is 9.98. The first kappa shape index (κ1) is 22.4. The Morgan fingerprint density at radius 2 is 2.20 bits per heavy atom. The number of carboxylic acid groups (broad SMARTS) is 1. The van der Waals surface area contributed by atoms with Crippen LogP contribution in [0.25, 0.3) is 0 Å². The number of thiazole rings is 1. The largest absolute Gasteiger partial charge is 0.490 e. The predicted molar refractivity (Wildman–Crippen MR) is 102 cm³/mol. The summed E-state index contributed by atoms with van der Waals surface area (Å²) in [4.78, 5) is 21.3. The molecule has 0 amide bonds. The van der Waals surface area contributed by atoms with E-state index in [0.29, 0.717) is 12.5 Å². The monoisotopic (exact) mass is 445 g/mol. The number of ether oxygens (including phenoxy) is 2. The van der Waals surface area contributed by atoms with Crippen LogP contribution in [0.5, 0.6) is 5.88 Å². The number of hydrogen-bond acceptors (Lipinski definition) is 7. The molecule has 4 rings (SSSR count). The summed E-state index contributed by atoms with van der Waals surface area (Å²) in [7, 11) is 0. The van der Waals surface area contributed by atoms with Crippen LogP contribution in [0.3, 0.4) is 0 Å². The van der Waals surface area contributed by atoms with Crippen molar-refractivity contribution in [3.8, 4) is 5.88 Å². The van der Waals surface area contributed by atoms with Gasteiger partial charge in [-0.3, -0.25) is 4.90 Å². The van der Waals surface area contributed by atoms with Gasteiger partial charge in [-0.25, -0.2) is 14.8 Å². The van der Waals surface area contributed by atoms with Crippen LogP contribution in [-0.4, -0.2) is 63.5 Å². The third-order valence-corrected chi connectivity index (χ3v) is 5.87. The van der Waals surface area contributed by atoms with E-state index in [1.807, 2.05) is 23.7 Å². The van der Waals surface area contributed by atoms with Gasteiger partial charge in [-0.1, -0.05) is 6.07 Å². The Balaban J connectivity index is 0.000000318. The number of alkyl halides is 3. The van der Waals surface area contributed by atoms with Crippen molar-refractivity contribution in [2.75, 3.05) is 19.7 Å². The Bertz CT molecular complexity index is 849. The molecule has 1 spiro atoms. The Hall–Kier alpha value is -2.24. The second kappa shape index (κ2) is 9.27. The zero-order valence-corrected chi connectivity index (χ0v) is 17.1. The van der Waals surface area contributed by atoms with Crippen molar-refractivity contribution in [1.29, 1.82) is 0 Å². The zero-order chi connectivity index (χ0) is 21.8. The summed E-state index contributed by atoms with van der Waals surface area (Å²) in [6, 6.07) is 5.75. The number of aryl methyl sites for hydroxylation is 1. The van der Waals surface area contributed by atoms with E-state index in [4.69, 9.17) is 19.4 Å². The molecular weight excluding hydrogens is 423 g/mol. The second-order valence-corrected chi connectivity index (χ2v) is 8.17. The lowest BCUT2D eigenvalue weighted by molar-refractivity contribution is -0.192. The first-order valence-corrected chi connectivity index (χ1v) is 10.2. The summed E-state index contributed by atoms with van der Waals surface area (Å²) >= 11 is 1.74. The number of carbonyl (C=O) groups is 1. The van der Waals surface area contributed by atoms with Gasteiger partial charge in [0.1, 0.15) is 6.10 Å². The van der Waals surface area contributed by atoms with Gasteiger partial charge >= 0.3 is 12.1 Å². The number of aliphatic carboxylic acids is 1. The van der Waals surface area contributed by atoms with Gasteiger partial charge in [-0.05, 0) is 19.4 Å². The van der Waals surface area contributed by atoms with Crippen molar-refractivity contribution >= 4 is 17.3 Å². The highest BCUT2D eigenvalue weighted by Gasteiger charge is 2.46. The highest BCUT2D eigenvalue weighted by atomic mass is 32.1. The number of pyridine rings is 1. The average Bonchev–Trinajstić information content (AvgIpc) is 3.39. The Morgan fingerprint density at radius 3 is 2.80 bits per heavy atom. The number of halogens is 3. The number of carboxylic acids is 1. The minimum atomic E-state index is -5.08. The number of rotatable bonds is 4. The minimum Gasteiger partial charge on any atom is -0.475 e. The van der Waals surface area contributed by atoms with Gasteiger partial charge < -0.3 is 14.6 Å². The summed E-state index contributed by atoms with van der Waals surface area (Å²) < 4.78 is 43.9. The van der Waals surface area contributed by atoms with Crippen LogP contribution >= 0.6 is 11.3 Å². The van der Waals surface area contributed by atoms with Crippen molar-refractivity contribution in [1.82, 2.24) is 14.9 Å². The van der Waals surface area contributed by atoms with Crippen molar-refractivity contribution in [3.05, 3.63) is 40.5 Å². The average molecular weight is 445 g/mol. The molecule has 30 heavy (non-hydrogen) atoms. The van der Waals surface area contributed by atoms with Crippen LogP contribution < -0.4 is 4.74 Å². The minimum absolute atomic E-state index is 0.0436. The first-order chi connectivity index (χ1) is 14.2. The molecule has 164 valence electrons. The molecule has 0 bridgehead atoms. The molecule has 2 aliphatic heterocycles. The molecule has 0 unspecified atom stereocenters. The maximum absolute atomic E-state index is 10.6. The fourth-order valence-corrected chi connectivity index (χ4v) is 4.31. The molecule has 0 aliphatic carbocycles. The lowest BCUT2D eigenvalue weighted by Gasteiger charge is -2.23. The summed E-state index contributed by atoms with van der Waals surface area (Å²) in [5, 5.41) is 7.12. The summed E-state index contributed by atoms with van der Waals surface area (Å²) in [5.41, 5.74) is 3.04. The summed E-state index contributed by atoms with van der Waals surface area (Å²) in [6.07, 6.45) is -1.19. The second-order valence-electron chi connectivity index (χ2n) is 7.23. The number of likely N-dealkylation sites (tertiary alicyclic amines) is 1. The Kier molecular flexibility index (Phi) is 6.94. The molecule has 0 radical (unpaired) electrons. The molecule has 11 heteroatoms.